The molecule has 1 aliphatic heterocycles. The minimum atomic E-state index is -0.127. The van der Waals surface area contributed by atoms with Gasteiger partial charge in [0.2, 0.25) is 0 Å². The van der Waals surface area contributed by atoms with Gasteiger partial charge in [-0.05, 0) is 22.9 Å². The Hall–Kier alpha value is -2.24. The summed E-state index contributed by atoms with van der Waals surface area (Å²) in [5.41, 5.74) is 1.69. The number of ether oxygens (including phenoxy) is 1. The third kappa shape index (κ3) is 2.49. The maximum Gasteiger partial charge on any atom is 0.257 e. The number of hydrogen-bond acceptors (Lipinski definition) is 4. The van der Waals surface area contributed by atoms with Gasteiger partial charge in [0.05, 0.1) is 23.8 Å². The summed E-state index contributed by atoms with van der Waals surface area (Å²) in [5, 5.41) is 5.72. The molecule has 1 amide bonds. The van der Waals surface area contributed by atoms with E-state index in [9.17, 15) is 4.79 Å². The van der Waals surface area contributed by atoms with Crippen LogP contribution in [0.1, 0.15) is 20.9 Å². The Labute approximate surface area is 131 Å². The molecule has 1 N–H and O–H groups in total. The van der Waals surface area contributed by atoms with Gasteiger partial charge in [-0.1, -0.05) is 41.7 Å². The van der Waals surface area contributed by atoms with Gasteiger partial charge in [0, 0.05) is 12.0 Å². The van der Waals surface area contributed by atoms with Crippen LogP contribution in [0.3, 0.4) is 0 Å². The minimum absolute atomic E-state index is 0.127. The maximum atomic E-state index is 12.4. The van der Waals surface area contributed by atoms with Gasteiger partial charge in [-0.15, -0.1) is 0 Å². The Kier molecular flexibility index (Phi) is 3.36. The number of fused-ring (bicyclic) bond motifs is 2. The van der Waals surface area contributed by atoms with E-state index in [1.165, 1.54) is 11.3 Å². The first-order valence-corrected chi connectivity index (χ1v) is 7.98. The molecule has 0 saturated carbocycles. The number of nitrogens with one attached hydrogen (secondary N) is 1. The fraction of sp³-hybridized carbons (Fsp3) is 0.176. The van der Waals surface area contributed by atoms with Crippen molar-refractivity contribution in [2.45, 2.75) is 13.0 Å². The van der Waals surface area contributed by atoms with Crippen molar-refractivity contribution >= 4 is 33.1 Å². The van der Waals surface area contributed by atoms with Crippen LogP contribution in [0, 0.1) is 0 Å². The molecule has 4 nitrogen and oxygen atoms in total. The topological polar surface area (TPSA) is 51.2 Å². The van der Waals surface area contributed by atoms with Gasteiger partial charge >= 0.3 is 0 Å². The molecule has 2 aromatic carbocycles. The van der Waals surface area contributed by atoms with Crippen molar-refractivity contribution in [2.24, 2.45) is 0 Å². The van der Waals surface area contributed by atoms with Crippen molar-refractivity contribution in [2.75, 3.05) is 11.9 Å². The van der Waals surface area contributed by atoms with E-state index in [2.05, 4.69) is 10.3 Å². The summed E-state index contributed by atoms with van der Waals surface area (Å²) in [4.78, 5) is 18.0. The van der Waals surface area contributed by atoms with E-state index >= 15 is 0 Å². The average molecular weight is 310 g/mol. The second-order valence-corrected chi connectivity index (χ2v) is 6.29. The standard InChI is InChI=1S/C17H14N2O2S/c20-16(13-6-5-11-3-1-2-4-12(11)9-13)19-17-18-14-7-8-21-10-15(14)22-17/h1-6,9H,7-8,10H2,(H,18,19,20). The van der Waals surface area contributed by atoms with Gasteiger partial charge in [0.15, 0.2) is 5.13 Å². The summed E-state index contributed by atoms with van der Waals surface area (Å²) < 4.78 is 5.40. The molecular weight excluding hydrogens is 296 g/mol. The van der Waals surface area contributed by atoms with Crippen LogP contribution in [0.15, 0.2) is 42.5 Å². The van der Waals surface area contributed by atoms with Crippen LogP contribution in [0.2, 0.25) is 0 Å². The summed E-state index contributed by atoms with van der Waals surface area (Å²) in [6.45, 7) is 1.30. The maximum absolute atomic E-state index is 12.4. The zero-order valence-corrected chi connectivity index (χ0v) is 12.7. The molecule has 0 aliphatic carbocycles. The van der Waals surface area contributed by atoms with Crippen LogP contribution in [0.5, 0.6) is 0 Å². The molecule has 4 rings (SSSR count). The lowest BCUT2D eigenvalue weighted by Crippen LogP contribution is -2.12. The van der Waals surface area contributed by atoms with Crippen molar-refractivity contribution in [3.63, 3.8) is 0 Å². The first-order chi connectivity index (χ1) is 10.8. The summed E-state index contributed by atoms with van der Waals surface area (Å²) in [6, 6.07) is 13.7. The number of aromatic nitrogens is 1. The highest BCUT2D eigenvalue weighted by molar-refractivity contribution is 7.15. The number of anilines is 1. The number of carbonyl (C=O) groups excluding carboxylic acids is 1. The Morgan fingerprint density at radius 3 is 2.91 bits per heavy atom. The monoisotopic (exact) mass is 310 g/mol. The van der Waals surface area contributed by atoms with Crippen molar-refractivity contribution < 1.29 is 9.53 Å². The number of rotatable bonds is 2. The third-order valence-electron chi connectivity index (χ3n) is 3.73. The molecule has 1 aliphatic rings. The summed E-state index contributed by atoms with van der Waals surface area (Å²) in [5.74, 6) is -0.127. The molecule has 0 fully saturated rings. The van der Waals surface area contributed by atoms with E-state index in [0.717, 1.165) is 27.8 Å². The van der Waals surface area contributed by atoms with Gasteiger partial charge < -0.3 is 4.74 Å². The second-order valence-electron chi connectivity index (χ2n) is 5.21. The number of carbonyl (C=O) groups is 1. The van der Waals surface area contributed by atoms with Crippen molar-refractivity contribution in [3.05, 3.63) is 58.6 Å². The van der Waals surface area contributed by atoms with Crippen LogP contribution in [-0.4, -0.2) is 17.5 Å². The predicted molar refractivity (Wildman–Crippen MR) is 87.4 cm³/mol. The highest BCUT2D eigenvalue weighted by Gasteiger charge is 2.17. The quantitative estimate of drug-likeness (QED) is 0.786. The molecule has 0 unspecified atom stereocenters. The van der Waals surface area contributed by atoms with Crippen molar-refractivity contribution in [3.8, 4) is 0 Å². The molecule has 2 heterocycles. The van der Waals surface area contributed by atoms with Crippen molar-refractivity contribution in [1.82, 2.24) is 4.98 Å². The highest BCUT2D eigenvalue weighted by atomic mass is 32.1. The largest absolute Gasteiger partial charge is 0.375 e. The molecule has 110 valence electrons. The second kappa shape index (κ2) is 5.51. The molecule has 5 heteroatoms. The first-order valence-electron chi connectivity index (χ1n) is 7.16. The van der Waals surface area contributed by atoms with E-state index in [0.29, 0.717) is 23.9 Å². The van der Waals surface area contributed by atoms with Gasteiger partial charge in [0.1, 0.15) is 0 Å². The number of hydrogen-bond donors (Lipinski definition) is 1. The van der Waals surface area contributed by atoms with Crippen LogP contribution in [0.4, 0.5) is 5.13 Å². The van der Waals surface area contributed by atoms with Crippen LogP contribution in [0.25, 0.3) is 10.8 Å². The normalized spacial score (nSPS) is 13.8. The predicted octanol–water partition coefficient (Wildman–Crippen LogP) is 3.62. The average Bonchev–Trinajstić information content (AvgIpc) is 2.96. The zero-order chi connectivity index (χ0) is 14.9. The summed E-state index contributed by atoms with van der Waals surface area (Å²) >= 11 is 1.49. The zero-order valence-electron chi connectivity index (χ0n) is 11.8. The number of nitrogens with zero attached hydrogens (tertiary/aromatic N) is 1. The number of benzene rings is 2. The lowest BCUT2D eigenvalue weighted by Gasteiger charge is -2.08. The van der Waals surface area contributed by atoms with Gasteiger partial charge in [-0.2, -0.15) is 0 Å². The molecule has 0 bridgehead atoms. The molecular formula is C17H14N2O2S. The summed E-state index contributed by atoms with van der Waals surface area (Å²) in [6.07, 6.45) is 0.817. The van der Waals surface area contributed by atoms with E-state index < -0.39 is 0 Å². The van der Waals surface area contributed by atoms with E-state index in [-0.39, 0.29) is 5.91 Å². The Morgan fingerprint density at radius 2 is 2.05 bits per heavy atom. The first kappa shape index (κ1) is 13.4. The summed E-state index contributed by atoms with van der Waals surface area (Å²) in [7, 11) is 0. The Bertz CT molecular complexity index is 833. The minimum Gasteiger partial charge on any atom is -0.375 e. The molecule has 22 heavy (non-hydrogen) atoms. The molecule has 0 radical (unpaired) electrons. The smallest absolute Gasteiger partial charge is 0.257 e. The fourth-order valence-electron chi connectivity index (χ4n) is 2.58. The third-order valence-corrected chi connectivity index (χ3v) is 4.71. The number of thiazole rings is 1. The molecule has 0 saturated heterocycles. The fourth-order valence-corrected chi connectivity index (χ4v) is 3.52. The van der Waals surface area contributed by atoms with Gasteiger partial charge in [-0.3, -0.25) is 10.1 Å². The van der Waals surface area contributed by atoms with E-state index in [1.54, 1.807) is 0 Å². The van der Waals surface area contributed by atoms with Crippen molar-refractivity contribution in [1.29, 1.82) is 0 Å². The molecule has 3 aromatic rings. The highest BCUT2D eigenvalue weighted by Crippen LogP contribution is 2.27. The van der Waals surface area contributed by atoms with Crippen LogP contribution < -0.4 is 5.32 Å². The lowest BCUT2D eigenvalue weighted by molar-refractivity contribution is 0.102. The van der Waals surface area contributed by atoms with E-state index in [4.69, 9.17) is 4.74 Å². The van der Waals surface area contributed by atoms with Gasteiger partial charge in [-0.25, -0.2) is 4.98 Å². The van der Waals surface area contributed by atoms with Crippen LogP contribution in [-0.2, 0) is 17.8 Å². The molecule has 0 atom stereocenters. The Morgan fingerprint density at radius 1 is 1.18 bits per heavy atom. The SMILES string of the molecule is O=C(Nc1nc2c(s1)COCC2)c1ccc2ccccc2c1. The lowest BCUT2D eigenvalue weighted by atomic mass is 10.1. The Balaban J connectivity index is 1.59. The number of amides is 1. The van der Waals surface area contributed by atoms with Crippen LogP contribution >= 0.6 is 11.3 Å². The van der Waals surface area contributed by atoms with Gasteiger partial charge in [0.25, 0.3) is 5.91 Å². The molecule has 0 spiro atoms. The van der Waals surface area contributed by atoms with E-state index in [1.807, 2.05) is 42.5 Å². The molecule has 1 aromatic heterocycles.